The van der Waals surface area contributed by atoms with Crippen molar-refractivity contribution < 1.29 is 14.0 Å². The van der Waals surface area contributed by atoms with Gasteiger partial charge in [-0.1, -0.05) is 36.5 Å². The van der Waals surface area contributed by atoms with Crippen LogP contribution in [0, 0.1) is 11.3 Å². The van der Waals surface area contributed by atoms with E-state index < -0.39 is 11.4 Å². The van der Waals surface area contributed by atoms with Crippen LogP contribution in [-0.4, -0.2) is 55.0 Å². The number of aromatic amines is 1. The molecule has 11 nitrogen and oxygen atoms in total. The van der Waals surface area contributed by atoms with Crippen molar-refractivity contribution in [2.75, 3.05) is 20.3 Å². The lowest BCUT2D eigenvalue weighted by molar-refractivity contribution is -0.208. The van der Waals surface area contributed by atoms with Gasteiger partial charge in [0.05, 0.1) is 18.2 Å². The molecule has 1 atom stereocenters. The van der Waals surface area contributed by atoms with E-state index in [0.29, 0.717) is 35.1 Å². The molecule has 1 aliphatic heterocycles. The molecule has 5 heterocycles. The first-order valence-electron chi connectivity index (χ1n) is 12.5. The summed E-state index contributed by atoms with van der Waals surface area (Å²) in [4.78, 5) is 33.1. The third-order valence-corrected chi connectivity index (χ3v) is 8.58. The maximum atomic E-state index is 11.7. The van der Waals surface area contributed by atoms with Crippen molar-refractivity contribution in [3.05, 3.63) is 39.9 Å². The Bertz CT molecular complexity index is 1560. The number of nitrogens with zero attached hydrogens (tertiary/aromatic N) is 6. The molecule has 0 radical (unpaired) electrons. The van der Waals surface area contributed by atoms with Gasteiger partial charge in [-0.05, 0) is 36.7 Å². The highest BCUT2D eigenvalue weighted by atomic mass is 35.5. The molecule has 1 saturated heterocycles. The molecule has 3 fully saturated rings. The zero-order valence-corrected chi connectivity index (χ0v) is 21.3. The lowest BCUT2D eigenvalue weighted by Gasteiger charge is -2.39. The fourth-order valence-corrected chi connectivity index (χ4v) is 6.17. The summed E-state index contributed by atoms with van der Waals surface area (Å²) >= 11 is 6.34. The quantitative estimate of drug-likeness (QED) is 0.413. The van der Waals surface area contributed by atoms with Crippen molar-refractivity contribution in [2.45, 2.75) is 50.7 Å². The summed E-state index contributed by atoms with van der Waals surface area (Å²) in [6.45, 7) is 3.16. The average molecular weight is 524 g/mol. The number of aromatic nitrogens is 7. The van der Waals surface area contributed by atoms with Crippen LogP contribution in [0.5, 0.6) is 0 Å². The first kappa shape index (κ1) is 23.0. The lowest BCUT2D eigenvalue weighted by atomic mass is 9.80. The second-order valence-electron chi connectivity index (χ2n) is 10.7. The van der Waals surface area contributed by atoms with E-state index in [9.17, 15) is 4.79 Å². The number of pyridine rings is 1. The van der Waals surface area contributed by atoms with Crippen LogP contribution in [0.3, 0.4) is 0 Å². The van der Waals surface area contributed by atoms with Crippen LogP contribution in [0.1, 0.15) is 50.9 Å². The van der Waals surface area contributed by atoms with E-state index in [1.807, 2.05) is 6.07 Å². The molecule has 192 valence electrons. The molecule has 2 aliphatic carbocycles. The summed E-state index contributed by atoms with van der Waals surface area (Å²) in [6, 6.07) is 2.06. The molecule has 0 aromatic carbocycles. The number of hydrogen-bond acceptors (Lipinski definition) is 9. The van der Waals surface area contributed by atoms with E-state index in [4.69, 9.17) is 40.5 Å². The predicted octanol–water partition coefficient (Wildman–Crippen LogP) is 3.90. The number of nitrogens with one attached hydrogen (secondary N) is 1. The van der Waals surface area contributed by atoms with Gasteiger partial charge in [-0.3, -0.25) is 14.5 Å². The van der Waals surface area contributed by atoms with Gasteiger partial charge in [0.25, 0.3) is 0 Å². The van der Waals surface area contributed by atoms with Crippen LogP contribution in [0.25, 0.3) is 34.1 Å². The highest BCUT2D eigenvalue weighted by Crippen LogP contribution is 2.66. The summed E-state index contributed by atoms with van der Waals surface area (Å²) in [5, 5.41) is 4.28. The number of hydrogen-bond donors (Lipinski definition) is 1. The summed E-state index contributed by atoms with van der Waals surface area (Å²) in [5.74, 6) is 1.16. The molecule has 12 heteroatoms. The number of halogens is 1. The molecule has 1 unspecified atom stereocenters. The Morgan fingerprint density at radius 3 is 2.65 bits per heavy atom. The minimum atomic E-state index is -0.688. The van der Waals surface area contributed by atoms with Gasteiger partial charge in [0, 0.05) is 31.1 Å². The Kier molecular flexibility index (Phi) is 5.08. The van der Waals surface area contributed by atoms with Crippen LogP contribution in [0.15, 0.2) is 27.8 Å². The first-order valence-corrected chi connectivity index (χ1v) is 12.9. The normalized spacial score (nSPS) is 26.5. The second kappa shape index (κ2) is 8.17. The summed E-state index contributed by atoms with van der Waals surface area (Å²) in [7, 11) is 1.69. The smallest absolute Gasteiger partial charge is 0.374 e. The molecule has 0 amide bonds. The molecular formula is C25H26ClN7O4. The summed E-state index contributed by atoms with van der Waals surface area (Å²) in [5.41, 5.74) is 2.15. The average Bonchev–Trinajstić information content (AvgIpc) is 3.17. The van der Waals surface area contributed by atoms with E-state index in [2.05, 4.69) is 26.6 Å². The van der Waals surface area contributed by atoms with Crippen molar-refractivity contribution in [1.82, 2.24) is 34.6 Å². The second-order valence-corrected chi connectivity index (χ2v) is 11.1. The van der Waals surface area contributed by atoms with E-state index in [1.165, 1.54) is 25.7 Å². The topological polar surface area (TPSA) is 134 Å². The van der Waals surface area contributed by atoms with Gasteiger partial charge in [0.1, 0.15) is 17.0 Å². The zero-order valence-electron chi connectivity index (χ0n) is 20.5. The minimum absolute atomic E-state index is 0.122. The third-order valence-electron chi connectivity index (χ3n) is 8.37. The molecule has 0 bridgehead atoms. The highest BCUT2D eigenvalue weighted by molar-refractivity contribution is 6.30. The van der Waals surface area contributed by atoms with Gasteiger partial charge in [-0.2, -0.15) is 0 Å². The molecule has 37 heavy (non-hydrogen) atoms. The van der Waals surface area contributed by atoms with Crippen LogP contribution in [0.2, 0.25) is 5.02 Å². The number of rotatable bonds is 5. The van der Waals surface area contributed by atoms with E-state index in [1.54, 1.807) is 19.5 Å². The van der Waals surface area contributed by atoms with Crippen LogP contribution >= 0.6 is 11.6 Å². The fraction of sp³-hybridized carbons (Fsp3) is 0.520. The first-order chi connectivity index (χ1) is 17.9. The van der Waals surface area contributed by atoms with Gasteiger partial charge in [-0.25, -0.2) is 19.7 Å². The van der Waals surface area contributed by atoms with Gasteiger partial charge < -0.3 is 14.0 Å². The Labute approximate surface area is 216 Å². The van der Waals surface area contributed by atoms with Crippen LogP contribution in [-0.2, 0) is 15.1 Å². The number of fused-ring (bicyclic) bond motifs is 1. The van der Waals surface area contributed by atoms with Crippen LogP contribution in [0.4, 0.5) is 0 Å². The van der Waals surface area contributed by atoms with Crippen molar-refractivity contribution in [3.8, 4) is 22.9 Å². The van der Waals surface area contributed by atoms with Crippen LogP contribution < -0.4 is 5.76 Å². The standard InChI is InChI=1S/C25H26ClN7O4/c1-13-3-5-24(6-4-13)8-16(24)33-18-17(14-7-15(26)10-27-9-14)28-20(21-31-23(34)37-32-21)29-19(18)30-22(33)25(35-2)11-36-12-25/h7,9-10,13,16H,3-6,8,11-12H2,1-2H3,(H,31,32,34). The highest BCUT2D eigenvalue weighted by Gasteiger charge is 2.59. The number of methoxy groups -OCH3 is 1. The maximum absolute atomic E-state index is 11.7. The predicted molar refractivity (Wildman–Crippen MR) is 133 cm³/mol. The van der Waals surface area contributed by atoms with Gasteiger partial charge in [-0.15, -0.1) is 0 Å². The Balaban J connectivity index is 1.50. The zero-order chi connectivity index (χ0) is 25.4. The molecule has 1 N–H and O–H groups in total. The van der Waals surface area contributed by atoms with Crippen molar-refractivity contribution in [2.24, 2.45) is 11.3 Å². The molecule has 4 aromatic heterocycles. The summed E-state index contributed by atoms with van der Waals surface area (Å²) in [6.07, 6.45) is 9.18. The third kappa shape index (κ3) is 3.55. The van der Waals surface area contributed by atoms with E-state index >= 15 is 0 Å². The monoisotopic (exact) mass is 523 g/mol. The van der Waals surface area contributed by atoms with E-state index in [-0.39, 0.29) is 23.1 Å². The van der Waals surface area contributed by atoms with Gasteiger partial charge >= 0.3 is 5.76 Å². The number of imidazole rings is 1. The molecule has 1 spiro atoms. The van der Waals surface area contributed by atoms with Crippen molar-refractivity contribution in [1.29, 1.82) is 0 Å². The Hall–Kier alpha value is -3.15. The molecule has 4 aromatic rings. The Morgan fingerprint density at radius 2 is 2.00 bits per heavy atom. The van der Waals surface area contributed by atoms with E-state index in [0.717, 1.165) is 23.7 Å². The largest absolute Gasteiger partial charge is 0.439 e. The molecule has 2 saturated carbocycles. The fourth-order valence-electron chi connectivity index (χ4n) is 5.99. The number of ether oxygens (including phenoxy) is 2. The summed E-state index contributed by atoms with van der Waals surface area (Å²) < 4.78 is 18.6. The molecule has 7 rings (SSSR count). The lowest BCUT2D eigenvalue weighted by Crippen LogP contribution is -2.50. The van der Waals surface area contributed by atoms with Crippen molar-refractivity contribution >= 4 is 22.8 Å². The Morgan fingerprint density at radius 1 is 1.19 bits per heavy atom. The van der Waals surface area contributed by atoms with Gasteiger partial charge in [0.2, 0.25) is 11.6 Å². The van der Waals surface area contributed by atoms with Gasteiger partial charge in [0.15, 0.2) is 11.2 Å². The molecular weight excluding hydrogens is 498 g/mol. The number of H-pyrrole nitrogens is 1. The maximum Gasteiger partial charge on any atom is 0.439 e. The SMILES string of the molecule is COC1(c2nc3nc(-c4noc(=O)[nH]4)nc(-c4cncc(Cl)c4)c3n2C2CC23CCC(C)CC3)COC1. The van der Waals surface area contributed by atoms with Crippen molar-refractivity contribution in [3.63, 3.8) is 0 Å². The molecule has 3 aliphatic rings. The minimum Gasteiger partial charge on any atom is -0.374 e.